The standard InChI is InChI=1S/C18H18N2O4S/c1-11-4-6-15(23-3)13(8-11)14-10-25-18(19-14)20-17(21)16-7-5-12(24-16)9-22-2/h4-8,10H,9H2,1-3H3,(H,19,20,21). The summed E-state index contributed by atoms with van der Waals surface area (Å²) in [7, 11) is 3.19. The number of thiazole rings is 1. The summed E-state index contributed by atoms with van der Waals surface area (Å²) in [4.78, 5) is 16.7. The van der Waals surface area contributed by atoms with Crippen molar-refractivity contribution in [3.05, 3.63) is 52.8 Å². The number of hydrogen-bond donors (Lipinski definition) is 1. The molecule has 0 aliphatic rings. The molecule has 2 heterocycles. The van der Waals surface area contributed by atoms with Crippen LogP contribution in [0, 0.1) is 6.92 Å². The van der Waals surface area contributed by atoms with Gasteiger partial charge in [-0.15, -0.1) is 11.3 Å². The summed E-state index contributed by atoms with van der Waals surface area (Å²) >= 11 is 1.34. The van der Waals surface area contributed by atoms with Crippen LogP contribution >= 0.6 is 11.3 Å². The zero-order chi connectivity index (χ0) is 17.8. The van der Waals surface area contributed by atoms with E-state index >= 15 is 0 Å². The molecule has 1 amide bonds. The molecule has 1 aromatic carbocycles. The highest BCUT2D eigenvalue weighted by Gasteiger charge is 2.15. The van der Waals surface area contributed by atoms with E-state index in [0.717, 1.165) is 22.6 Å². The average molecular weight is 358 g/mol. The Hall–Kier alpha value is -2.64. The number of rotatable bonds is 6. The van der Waals surface area contributed by atoms with Crippen molar-refractivity contribution < 1.29 is 18.7 Å². The predicted molar refractivity (Wildman–Crippen MR) is 96.2 cm³/mol. The molecule has 0 aliphatic heterocycles. The molecule has 0 fully saturated rings. The van der Waals surface area contributed by atoms with Crippen molar-refractivity contribution in [2.24, 2.45) is 0 Å². The van der Waals surface area contributed by atoms with Crippen LogP contribution in [-0.2, 0) is 11.3 Å². The Bertz CT molecular complexity index is 885. The molecule has 0 unspecified atom stereocenters. The van der Waals surface area contributed by atoms with Crippen LogP contribution in [0.4, 0.5) is 5.13 Å². The van der Waals surface area contributed by atoms with E-state index < -0.39 is 0 Å². The number of methoxy groups -OCH3 is 2. The molecule has 0 aliphatic carbocycles. The van der Waals surface area contributed by atoms with Crippen LogP contribution in [0.3, 0.4) is 0 Å². The fourth-order valence-electron chi connectivity index (χ4n) is 2.36. The first-order valence-electron chi connectivity index (χ1n) is 7.60. The molecule has 2 aromatic heterocycles. The molecule has 1 N–H and O–H groups in total. The predicted octanol–water partition coefficient (Wildman–Crippen LogP) is 4.12. The highest BCUT2D eigenvalue weighted by Crippen LogP contribution is 2.33. The highest BCUT2D eigenvalue weighted by molar-refractivity contribution is 7.14. The SMILES string of the molecule is COCc1ccc(C(=O)Nc2nc(-c3cc(C)ccc3OC)cs2)o1. The minimum absolute atomic E-state index is 0.219. The maximum atomic E-state index is 12.3. The van der Waals surface area contributed by atoms with Gasteiger partial charge in [0.05, 0.1) is 12.8 Å². The number of amides is 1. The van der Waals surface area contributed by atoms with Crippen molar-refractivity contribution in [3.63, 3.8) is 0 Å². The first-order chi connectivity index (χ1) is 12.1. The summed E-state index contributed by atoms with van der Waals surface area (Å²) in [5.41, 5.74) is 2.75. The lowest BCUT2D eigenvalue weighted by atomic mass is 10.1. The second-order valence-electron chi connectivity index (χ2n) is 5.39. The van der Waals surface area contributed by atoms with Crippen LogP contribution < -0.4 is 10.1 Å². The van der Waals surface area contributed by atoms with Crippen LogP contribution in [0.2, 0.25) is 0 Å². The minimum atomic E-state index is -0.348. The van der Waals surface area contributed by atoms with Gasteiger partial charge in [-0.2, -0.15) is 0 Å². The third-order valence-electron chi connectivity index (χ3n) is 3.53. The third kappa shape index (κ3) is 3.89. The lowest BCUT2D eigenvalue weighted by molar-refractivity contribution is 0.0987. The Kier molecular flexibility index (Phi) is 5.16. The molecular weight excluding hydrogens is 340 g/mol. The molecule has 6 nitrogen and oxygen atoms in total. The first kappa shape index (κ1) is 17.2. The number of aryl methyl sites for hydroxylation is 1. The van der Waals surface area contributed by atoms with E-state index in [1.54, 1.807) is 26.4 Å². The number of nitrogens with one attached hydrogen (secondary N) is 1. The zero-order valence-corrected chi connectivity index (χ0v) is 15.0. The van der Waals surface area contributed by atoms with Crippen LogP contribution in [0.25, 0.3) is 11.3 Å². The van der Waals surface area contributed by atoms with Crippen LogP contribution in [-0.4, -0.2) is 25.1 Å². The van der Waals surface area contributed by atoms with E-state index in [9.17, 15) is 4.79 Å². The Morgan fingerprint density at radius 2 is 2.12 bits per heavy atom. The highest BCUT2D eigenvalue weighted by atomic mass is 32.1. The second kappa shape index (κ2) is 7.50. The topological polar surface area (TPSA) is 73.6 Å². The first-order valence-corrected chi connectivity index (χ1v) is 8.48. The number of hydrogen-bond acceptors (Lipinski definition) is 6. The summed E-state index contributed by atoms with van der Waals surface area (Å²) in [5, 5.41) is 5.12. The van der Waals surface area contributed by atoms with Crippen LogP contribution in [0.5, 0.6) is 5.75 Å². The molecule has 7 heteroatoms. The van der Waals surface area contributed by atoms with Gasteiger partial charge in [0.1, 0.15) is 18.1 Å². The number of benzene rings is 1. The summed E-state index contributed by atoms with van der Waals surface area (Å²) in [5.74, 6) is 1.21. The van der Waals surface area contributed by atoms with Gasteiger partial charge < -0.3 is 13.9 Å². The second-order valence-corrected chi connectivity index (χ2v) is 6.25. The molecule has 0 spiro atoms. The lowest BCUT2D eigenvalue weighted by Gasteiger charge is -2.07. The molecule has 130 valence electrons. The maximum absolute atomic E-state index is 12.3. The largest absolute Gasteiger partial charge is 0.496 e. The van der Waals surface area contributed by atoms with Crippen molar-refractivity contribution in [1.82, 2.24) is 4.98 Å². The Balaban J connectivity index is 1.77. The van der Waals surface area contributed by atoms with Gasteiger partial charge in [0, 0.05) is 18.1 Å². The minimum Gasteiger partial charge on any atom is -0.496 e. The fraction of sp³-hybridized carbons (Fsp3) is 0.222. The number of carbonyl (C=O) groups is 1. The summed E-state index contributed by atoms with van der Waals surface area (Å²) in [6.07, 6.45) is 0. The van der Waals surface area contributed by atoms with Gasteiger partial charge in [-0.25, -0.2) is 4.98 Å². The van der Waals surface area contributed by atoms with E-state index in [1.165, 1.54) is 11.3 Å². The van der Waals surface area contributed by atoms with Crippen molar-refractivity contribution in [3.8, 4) is 17.0 Å². The molecule has 25 heavy (non-hydrogen) atoms. The number of furan rings is 1. The van der Waals surface area contributed by atoms with Crippen molar-refractivity contribution in [2.45, 2.75) is 13.5 Å². The molecule has 0 atom stereocenters. The Morgan fingerprint density at radius 1 is 1.28 bits per heavy atom. The van der Waals surface area contributed by atoms with E-state index in [-0.39, 0.29) is 11.7 Å². The fourth-order valence-corrected chi connectivity index (χ4v) is 3.06. The van der Waals surface area contributed by atoms with E-state index in [0.29, 0.717) is 17.5 Å². The van der Waals surface area contributed by atoms with Gasteiger partial charge in [-0.1, -0.05) is 11.6 Å². The van der Waals surface area contributed by atoms with E-state index in [4.69, 9.17) is 13.9 Å². The van der Waals surface area contributed by atoms with Gasteiger partial charge in [-0.05, 0) is 31.2 Å². The van der Waals surface area contributed by atoms with Gasteiger partial charge >= 0.3 is 0 Å². The van der Waals surface area contributed by atoms with Crippen molar-refractivity contribution >= 4 is 22.4 Å². The number of ether oxygens (including phenoxy) is 2. The number of carbonyl (C=O) groups excluding carboxylic acids is 1. The molecule has 3 rings (SSSR count). The van der Waals surface area contributed by atoms with Gasteiger partial charge in [-0.3, -0.25) is 10.1 Å². The molecule has 0 saturated carbocycles. The Morgan fingerprint density at radius 3 is 2.88 bits per heavy atom. The normalized spacial score (nSPS) is 10.7. The smallest absolute Gasteiger partial charge is 0.293 e. The zero-order valence-electron chi connectivity index (χ0n) is 14.2. The summed E-state index contributed by atoms with van der Waals surface area (Å²) in [6.45, 7) is 2.33. The molecule has 0 saturated heterocycles. The molecular formula is C18H18N2O4S. The summed E-state index contributed by atoms with van der Waals surface area (Å²) < 4.78 is 15.8. The number of aromatic nitrogens is 1. The number of anilines is 1. The van der Waals surface area contributed by atoms with Gasteiger partial charge in [0.2, 0.25) is 0 Å². The lowest BCUT2D eigenvalue weighted by Crippen LogP contribution is -2.10. The van der Waals surface area contributed by atoms with E-state index in [2.05, 4.69) is 10.3 Å². The molecule has 3 aromatic rings. The molecule has 0 bridgehead atoms. The number of nitrogens with zero attached hydrogens (tertiary/aromatic N) is 1. The third-order valence-corrected chi connectivity index (χ3v) is 4.29. The maximum Gasteiger partial charge on any atom is 0.293 e. The van der Waals surface area contributed by atoms with E-state index in [1.807, 2.05) is 30.5 Å². The molecule has 0 radical (unpaired) electrons. The van der Waals surface area contributed by atoms with Gasteiger partial charge in [0.25, 0.3) is 5.91 Å². The van der Waals surface area contributed by atoms with Crippen molar-refractivity contribution in [1.29, 1.82) is 0 Å². The Labute approximate surface area is 149 Å². The summed E-state index contributed by atoms with van der Waals surface area (Å²) in [6, 6.07) is 9.21. The van der Waals surface area contributed by atoms with Crippen LogP contribution in [0.1, 0.15) is 21.9 Å². The van der Waals surface area contributed by atoms with Crippen LogP contribution in [0.15, 0.2) is 40.1 Å². The van der Waals surface area contributed by atoms with Crippen molar-refractivity contribution in [2.75, 3.05) is 19.5 Å². The quantitative estimate of drug-likeness (QED) is 0.717. The van der Waals surface area contributed by atoms with Gasteiger partial charge in [0.15, 0.2) is 10.9 Å². The monoisotopic (exact) mass is 358 g/mol. The average Bonchev–Trinajstić information content (AvgIpc) is 3.25.